The number of nitrogens with one attached hydrogen (secondary N) is 2. The Morgan fingerprint density at radius 1 is 1.04 bits per heavy atom. The van der Waals surface area contributed by atoms with E-state index in [2.05, 4.69) is 9.71 Å². The first kappa shape index (κ1) is 20.4. The third-order valence-corrected chi connectivity index (χ3v) is 7.11. The highest BCUT2D eigenvalue weighted by Crippen LogP contribution is 2.27. The minimum absolute atomic E-state index is 0.119. The number of hydrogen-bond donors (Lipinski definition) is 2. The van der Waals surface area contributed by atoms with Crippen molar-refractivity contribution in [3.63, 3.8) is 0 Å². The summed E-state index contributed by atoms with van der Waals surface area (Å²) in [7, 11) is -7.79. The Labute approximate surface area is 167 Å². The summed E-state index contributed by atoms with van der Waals surface area (Å²) >= 11 is 5.98. The second-order valence-electron chi connectivity index (χ2n) is 6.24. The van der Waals surface area contributed by atoms with E-state index in [1.807, 2.05) is 6.92 Å². The van der Waals surface area contributed by atoms with Crippen LogP contribution in [0.3, 0.4) is 0 Å². The predicted octanol–water partition coefficient (Wildman–Crippen LogP) is 2.95. The van der Waals surface area contributed by atoms with Gasteiger partial charge < -0.3 is 4.98 Å². The van der Waals surface area contributed by atoms with Crippen molar-refractivity contribution >= 4 is 48.1 Å². The third kappa shape index (κ3) is 4.06. The number of halogens is 1. The quantitative estimate of drug-likeness (QED) is 0.633. The number of aryl methyl sites for hydroxylation is 1. The summed E-state index contributed by atoms with van der Waals surface area (Å²) in [6.07, 6.45) is 1.63. The number of aromatic amines is 1. The van der Waals surface area contributed by atoms with Crippen molar-refractivity contribution in [3.05, 3.63) is 63.4 Å². The van der Waals surface area contributed by atoms with Gasteiger partial charge in [0.25, 0.3) is 10.0 Å². The van der Waals surface area contributed by atoms with Crippen LogP contribution in [0.1, 0.15) is 12.6 Å². The number of H-pyrrole nitrogens is 1. The molecule has 28 heavy (non-hydrogen) atoms. The molecule has 7 nitrogen and oxygen atoms in total. The molecule has 2 aromatic carbocycles. The number of benzene rings is 2. The molecule has 0 spiro atoms. The minimum Gasteiger partial charge on any atom is -0.358 e. The maximum atomic E-state index is 12.7. The number of aromatic nitrogens is 1. The minimum atomic E-state index is -4.18. The lowest BCUT2D eigenvalue weighted by Crippen LogP contribution is -2.15. The van der Waals surface area contributed by atoms with Gasteiger partial charge >= 0.3 is 0 Å². The van der Waals surface area contributed by atoms with Crippen molar-refractivity contribution in [3.8, 4) is 0 Å². The van der Waals surface area contributed by atoms with Gasteiger partial charge in [-0.25, -0.2) is 16.8 Å². The SMILES string of the molecule is CCc1cc(=O)c2cc(NS(=O)(=O)c3cc(S(C)(=O)=O)ccc3Cl)ccc2[nH]1. The maximum Gasteiger partial charge on any atom is 0.263 e. The van der Waals surface area contributed by atoms with E-state index in [4.69, 9.17) is 11.6 Å². The van der Waals surface area contributed by atoms with E-state index >= 15 is 0 Å². The molecule has 148 valence electrons. The normalized spacial score (nSPS) is 12.2. The molecule has 0 aliphatic rings. The highest BCUT2D eigenvalue weighted by atomic mass is 35.5. The van der Waals surface area contributed by atoms with Crippen LogP contribution in [-0.4, -0.2) is 28.1 Å². The van der Waals surface area contributed by atoms with Gasteiger partial charge in [0.2, 0.25) is 0 Å². The molecule has 1 heterocycles. The van der Waals surface area contributed by atoms with Crippen LogP contribution in [0.15, 0.2) is 57.1 Å². The summed E-state index contributed by atoms with van der Waals surface area (Å²) in [5.41, 5.74) is 1.28. The number of anilines is 1. The van der Waals surface area contributed by atoms with Gasteiger partial charge in [0.05, 0.1) is 9.92 Å². The molecule has 0 aliphatic heterocycles. The Balaban J connectivity index is 2.06. The van der Waals surface area contributed by atoms with Crippen LogP contribution >= 0.6 is 11.6 Å². The first-order valence-corrected chi connectivity index (χ1v) is 11.9. The average Bonchev–Trinajstić information content (AvgIpc) is 2.61. The number of sulfone groups is 1. The standard InChI is InChI=1S/C18H17ClN2O5S2/c1-3-11-9-17(22)14-8-12(4-7-16(14)20-11)21-28(25,26)18-10-13(27(2,23)24)5-6-15(18)19/h4-10,21H,3H2,1-2H3,(H,20,22). The molecule has 3 rings (SSSR count). The third-order valence-electron chi connectivity index (χ3n) is 4.14. The van der Waals surface area contributed by atoms with Gasteiger partial charge in [-0.05, 0) is 42.8 Å². The molecule has 2 N–H and O–H groups in total. The molecule has 0 unspecified atom stereocenters. The smallest absolute Gasteiger partial charge is 0.263 e. The molecule has 10 heteroatoms. The van der Waals surface area contributed by atoms with Crippen LogP contribution in [0.2, 0.25) is 5.02 Å². The lowest BCUT2D eigenvalue weighted by Gasteiger charge is -2.11. The number of rotatable bonds is 5. The van der Waals surface area contributed by atoms with E-state index in [1.54, 1.807) is 6.07 Å². The summed E-state index contributed by atoms with van der Waals surface area (Å²) in [6, 6.07) is 9.43. The first-order chi connectivity index (χ1) is 13.0. The van der Waals surface area contributed by atoms with E-state index in [9.17, 15) is 21.6 Å². The number of hydrogen-bond acceptors (Lipinski definition) is 5. The van der Waals surface area contributed by atoms with Gasteiger partial charge in [0, 0.05) is 34.6 Å². The molecule has 0 bridgehead atoms. The van der Waals surface area contributed by atoms with Crippen molar-refractivity contribution < 1.29 is 16.8 Å². The molecule has 0 aliphatic carbocycles. The molecule has 0 radical (unpaired) electrons. The lowest BCUT2D eigenvalue weighted by molar-refractivity contribution is 0.600. The molecule has 0 amide bonds. The maximum absolute atomic E-state index is 12.7. The Kier molecular flexibility index (Phi) is 5.26. The fourth-order valence-electron chi connectivity index (χ4n) is 2.69. The monoisotopic (exact) mass is 440 g/mol. The van der Waals surface area contributed by atoms with Crippen LogP contribution in [-0.2, 0) is 26.3 Å². The van der Waals surface area contributed by atoms with Crippen LogP contribution in [0.4, 0.5) is 5.69 Å². The fourth-order valence-corrected chi connectivity index (χ4v) is 4.98. The van der Waals surface area contributed by atoms with Crippen LogP contribution in [0.25, 0.3) is 10.9 Å². The molecule has 0 fully saturated rings. The highest BCUT2D eigenvalue weighted by Gasteiger charge is 2.21. The second-order valence-corrected chi connectivity index (χ2v) is 10.3. The zero-order valence-electron chi connectivity index (χ0n) is 15.0. The molecule has 0 atom stereocenters. The zero-order valence-corrected chi connectivity index (χ0v) is 17.4. The van der Waals surface area contributed by atoms with Crippen molar-refractivity contribution in [2.45, 2.75) is 23.1 Å². The van der Waals surface area contributed by atoms with Crippen molar-refractivity contribution in [2.24, 2.45) is 0 Å². The Hall–Kier alpha value is -2.36. The van der Waals surface area contributed by atoms with Gasteiger partial charge in [-0.15, -0.1) is 0 Å². The van der Waals surface area contributed by atoms with Crippen LogP contribution < -0.4 is 10.2 Å². The van der Waals surface area contributed by atoms with Crippen LogP contribution in [0.5, 0.6) is 0 Å². The largest absolute Gasteiger partial charge is 0.358 e. The topological polar surface area (TPSA) is 113 Å². The number of pyridine rings is 1. The highest BCUT2D eigenvalue weighted by molar-refractivity contribution is 7.93. The average molecular weight is 441 g/mol. The fraction of sp³-hybridized carbons (Fsp3) is 0.167. The van der Waals surface area contributed by atoms with Gasteiger partial charge in [-0.3, -0.25) is 9.52 Å². The summed E-state index contributed by atoms with van der Waals surface area (Å²) in [5.74, 6) is 0. The molecule has 3 aromatic rings. The Bertz CT molecular complexity index is 1350. The molecular formula is C18H17ClN2O5S2. The molecule has 1 aromatic heterocycles. The first-order valence-electron chi connectivity index (χ1n) is 8.19. The number of sulfonamides is 1. The molecule has 0 saturated carbocycles. The zero-order chi connectivity index (χ0) is 20.7. The lowest BCUT2D eigenvalue weighted by atomic mass is 10.1. The summed E-state index contributed by atoms with van der Waals surface area (Å²) in [6.45, 7) is 1.91. The van der Waals surface area contributed by atoms with E-state index in [0.717, 1.165) is 18.0 Å². The van der Waals surface area contributed by atoms with E-state index < -0.39 is 19.9 Å². The molecule has 0 saturated heterocycles. The number of fused-ring (bicyclic) bond motifs is 1. The summed E-state index contributed by atoms with van der Waals surface area (Å²) in [5, 5.41) is 0.208. The Morgan fingerprint density at radius 2 is 1.75 bits per heavy atom. The van der Waals surface area contributed by atoms with E-state index in [1.165, 1.54) is 30.3 Å². The van der Waals surface area contributed by atoms with Gasteiger partial charge in [0.1, 0.15) is 4.90 Å². The molecular weight excluding hydrogens is 424 g/mol. The van der Waals surface area contributed by atoms with Gasteiger partial charge in [0.15, 0.2) is 15.3 Å². The Morgan fingerprint density at radius 3 is 2.39 bits per heavy atom. The van der Waals surface area contributed by atoms with E-state index in [-0.39, 0.29) is 25.9 Å². The summed E-state index contributed by atoms with van der Waals surface area (Å²) in [4.78, 5) is 14.8. The summed E-state index contributed by atoms with van der Waals surface area (Å²) < 4.78 is 51.3. The van der Waals surface area contributed by atoms with Crippen molar-refractivity contribution in [1.82, 2.24) is 4.98 Å². The van der Waals surface area contributed by atoms with Crippen LogP contribution in [0, 0.1) is 0 Å². The van der Waals surface area contributed by atoms with Crippen molar-refractivity contribution in [2.75, 3.05) is 11.0 Å². The second kappa shape index (κ2) is 7.23. The van der Waals surface area contributed by atoms with Crippen molar-refractivity contribution in [1.29, 1.82) is 0 Å². The van der Waals surface area contributed by atoms with Gasteiger partial charge in [-0.1, -0.05) is 18.5 Å². The van der Waals surface area contributed by atoms with E-state index in [0.29, 0.717) is 17.3 Å². The predicted molar refractivity (Wildman–Crippen MR) is 109 cm³/mol. The van der Waals surface area contributed by atoms with Gasteiger partial charge in [-0.2, -0.15) is 0 Å².